The number of amides is 1. The molecule has 1 amide bonds. The minimum absolute atomic E-state index is 0.284. The van der Waals surface area contributed by atoms with Crippen molar-refractivity contribution in [3.63, 3.8) is 0 Å². The Hall–Kier alpha value is -2.81. The minimum Gasteiger partial charge on any atom is -0.462 e. The molecule has 0 saturated heterocycles. The summed E-state index contributed by atoms with van der Waals surface area (Å²) in [4.78, 5) is 32.8. The summed E-state index contributed by atoms with van der Waals surface area (Å²) in [5.41, 5.74) is 1.29. The Balaban J connectivity index is 1.83. The third-order valence-corrected chi connectivity index (χ3v) is 4.05. The molecule has 1 N–H and O–H groups in total. The molecule has 0 bridgehead atoms. The first kappa shape index (κ1) is 15.1. The normalized spacial score (nSPS) is 10.7. The summed E-state index contributed by atoms with van der Waals surface area (Å²) in [6, 6.07) is 1.72. The van der Waals surface area contributed by atoms with E-state index in [0.717, 1.165) is 11.3 Å². The van der Waals surface area contributed by atoms with E-state index >= 15 is 0 Å². The van der Waals surface area contributed by atoms with Gasteiger partial charge in [0.25, 0.3) is 5.91 Å². The topological polar surface area (TPSA) is 98.5 Å². The summed E-state index contributed by atoms with van der Waals surface area (Å²) in [5.74, 6) is -0.830. The first-order valence-electron chi connectivity index (χ1n) is 6.84. The number of esters is 1. The van der Waals surface area contributed by atoms with Crippen LogP contribution >= 0.6 is 11.3 Å². The zero-order valence-corrected chi connectivity index (χ0v) is 13.3. The number of thiazole rings is 1. The van der Waals surface area contributed by atoms with Crippen molar-refractivity contribution in [3.8, 4) is 0 Å². The highest BCUT2D eigenvalue weighted by molar-refractivity contribution is 7.17. The van der Waals surface area contributed by atoms with E-state index in [4.69, 9.17) is 4.74 Å². The molecule has 0 saturated carbocycles. The van der Waals surface area contributed by atoms with Gasteiger partial charge in [-0.1, -0.05) is 11.3 Å². The summed E-state index contributed by atoms with van der Waals surface area (Å²) < 4.78 is 6.46. The van der Waals surface area contributed by atoms with Crippen molar-refractivity contribution >= 4 is 34.0 Å². The molecular weight excluding hydrogens is 318 g/mol. The summed E-state index contributed by atoms with van der Waals surface area (Å²) >= 11 is 1.07. The zero-order valence-electron chi connectivity index (χ0n) is 12.4. The average molecular weight is 331 g/mol. The standard InChI is InChI=1S/C14H13N5O3S/c1-3-22-13(21)10-8(2)17-14(23-10)18-12(20)9-7-16-19-6-4-5-15-11(9)19/h4-7H,3H2,1-2H3,(H,17,18,20). The molecule has 9 heteroatoms. The molecule has 3 aromatic heterocycles. The number of nitrogens with one attached hydrogen (secondary N) is 1. The number of rotatable bonds is 4. The van der Waals surface area contributed by atoms with Crippen LogP contribution in [-0.2, 0) is 4.74 Å². The number of hydrogen-bond donors (Lipinski definition) is 1. The molecule has 0 aliphatic carbocycles. The molecular formula is C14H13N5O3S. The quantitative estimate of drug-likeness (QED) is 0.733. The number of nitrogens with zero attached hydrogens (tertiary/aromatic N) is 4. The van der Waals surface area contributed by atoms with Gasteiger partial charge in [-0.25, -0.2) is 19.3 Å². The number of fused-ring (bicyclic) bond motifs is 1. The summed E-state index contributed by atoms with van der Waals surface area (Å²) in [7, 11) is 0. The Morgan fingerprint density at radius 2 is 2.26 bits per heavy atom. The van der Waals surface area contributed by atoms with Crippen molar-refractivity contribution in [2.45, 2.75) is 13.8 Å². The first-order valence-corrected chi connectivity index (χ1v) is 7.66. The van der Waals surface area contributed by atoms with Crippen LogP contribution in [0, 0.1) is 6.92 Å². The van der Waals surface area contributed by atoms with Crippen molar-refractivity contribution < 1.29 is 14.3 Å². The van der Waals surface area contributed by atoms with Gasteiger partial charge in [-0.3, -0.25) is 10.1 Å². The molecule has 0 unspecified atom stereocenters. The van der Waals surface area contributed by atoms with Crippen LogP contribution < -0.4 is 5.32 Å². The van der Waals surface area contributed by atoms with Gasteiger partial charge in [0, 0.05) is 12.4 Å². The monoisotopic (exact) mass is 331 g/mol. The van der Waals surface area contributed by atoms with Crippen molar-refractivity contribution in [3.05, 3.63) is 40.8 Å². The van der Waals surface area contributed by atoms with Crippen LogP contribution in [-0.4, -0.2) is 38.1 Å². The summed E-state index contributed by atoms with van der Waals surface area (Å²) in [6.45, 7) is 3.70. The fourth-order valence-electron chi connectivity index (χ4n) is 1.99. The molecule has 0 radical (unpaired) electrons. The second-order valence-electron chi connectivity index (χ2n) is 4.55. The lowest BCUT2D eigenvalue weighted by molar-refractivity contribution is 0.0531. The molecule has 0 atom stereocenters. The van der Waals surface area contributed by atoms with Gasteiger partial charge in [-0.05, 0) is 19.9 Å². The molecule has 0 spiro atoms. The maximum Gasteiger partial charge on any atom is 0.350 e. The van der Waals surface area contributed by atoms with Crippen molar-refractivity contribution in [1.29, 1.82) is 0 Å². The smallest absolute Gasteiger partial charge is 0.350 e. The predicted molar refractivity (Wildman–Crippen MR) is 83.7 cm³/mol. The van der Waals surface area contributed by atoms with E-state index in [9.17, 15) is 9.59 Å². The van der Waals surface area contributed by atoms with Crippen molar-refractivity contribution in [2.24, 2.45) is 0 Å². The third-order valence-electron chi connectivity index (χ3n) is 3.00. The molecule has 118 valence electrons. The Kier molecular flexibility index (Phi) is 4.02. The van der Waals surface area contributed by atoms with Crippen LogP contribution in [0.1, 0.15) is 32.6 Å². The molecule has 0 aromatic carbocycles. The predicted octanol–water partition coefficient (Wildman–Crippen LogP) is 1.92. The van der Waals surface area contributed by atoms with Crippen LogP contribution in [0.4, 0.5) is 5.13 Å². The summed E-state index contributed by atoms with van der Waals surface area (Å²) in [6.07, 6.45) is 4.72. The van der Waals surface area contributed by atoms with Crippen LogP contribution in [0.3, 0.4) is 0 Å². The lowest BCUT2D eigenvalue weighted by Crippen LogP contribution is -2.11. The number of carbonyl (C=O) groups is 2. The molecule has 0 aliphatic rings. The molecule has 0 aliphatic heterocycles. The fraction of sp³-hybridized carbons (Fsp3) is 0.214. The van der Waals surface area contributed by atoms with Gasteiger partial charge in [-0.15, -0.1) is 0 Å². The van der Waals surface area contributed by atoms with Crippen LogP contribution in [0.15, 0.2) is 24.7 Å². The minimum atomic E-state index is -0.444. The highest BCUT2D eigenvalue weighted by Gasteiger charge is 2.19. The van der Waals surface area contributed by atoms with Crippen LogP contribution in [0.25, 0.3) is 5.65 Å². The van der Waals surface area contributed by atoms with Gasteiger partial charge in [0.15, 0.2) is 10.8 Å². The van der Waals surface area contributed by atoms with Gasteiger partial charge in [0.2, 0.25) is 0 Å². The largest absolute Gasteiger partial charge is 0.462 e. The van der Waals surface area contributed by atoms with Gasteiger partial charge >= 0.3 is 5.97 Å². The maximum absolute atomic E-state index is 12.4. The Bertz CT molecular complexity index is 886. The number of hydrogen-bond acceptors (Lipinski definition) is 7. The SMILES string of the molecule is CCOC(=O)c1sc(NC(=O)c2cnn3cccnc23)nc1C. The van der Waals surface area contributed by atoms with Crippen molar-refractivity contribution in [2.75, 3.05) is 11.9 Å². The molecule has 3 rings (SSSR count). The fourth-order valence-corrected chi connectivity index (χ4v) is 2.84. The van der Waals surface area contributed by atoms with Crippen LogP contribution in [0.2, 0.25) is 0 Å². The second kappa shape index (κ2) is 6.13. The van der Waals surface area contributed by atoms with Crippen LogP contribution in [0.5, 0.6) is 0 Å². The Labute approximate surface area is 135 Å². The van der Waals surface area contributed by atoms with E-state index in [-0.39, 0.29) is 12.5 Å². The lowest BCUT2D eigenvalue weighted by atomic mass is 10.3. The lowest BCUT2D eigenvalue weighted by Gasteiger charge is -1.99. The molecule has 8 nitrogen and oxygen atoms in total. The highest BCUT2D eigenvalue weighted by Crippen LogP contribution is 2.24. The van der Waals surface area contributed by atoms with Gasteiger partial charge in [-0.2, -0.15) is 5.10 Å². The van der Waals surface area contributed by atoms with Crippen molar-refractivity contribution in [1.82, 2.24) is 19.6 Å². The highest BCUT2D eigenvalue weighted by atomic mass is 32.1. The second-order valence-corrected chi connectivity index (χ2v) is 5.55. The number of carbonyl (C=O) groups excluding carboxylic acids is 2. The zero-order chi connectivity index (χ0) is 16.4. The van der Waals surface area contributed by atoms with E-state index in [1.807, 2.05) is 0 Å². The number of aromatic nitrogens is 4. The third kappa shape index (κ3) is 2.90. The van der Waals surface area contributed by atoms with E-state index in [1.165, 1.54) is 10.7 Å². The molecule has 3 heterocycles. The number of aryl methyl sites for hydroxylation is 1. The maximum atomic E-state index is 12.4. The van der Waals surface area contributed by atoms with Gasteiger partial charge in [0.1, 0.15) is 10.4 Å². The Morgan fingerprint density at radius 1 is 1.43 bits per heavy atom. The molecule has 3 aromatic rings. The number of anilines is 1. The van der Waals surface area contributed by atoms with Gasteiger partial charge < -0.3 is 4.74 Å². The van der Waals surface area contributed by atoms with E-state index in [2.05, 4.69) is 20.4 Å². The van der Waals surface area contributed by atoms with E-state index in [0.29, 0.717) is 26.9 Å². The molecule has 23 heavy (non-hydrogen) atoms. The van der Waals surface area contributed by atoms with Gasteiger partial charge in [0.05, 0.1) is 18.5 Å². The van der Waals surface area contributed by atoms with E-state index in [1.54, 1.807) is 32.3 Å². The first-order chi connectivity index (χ1) is 11.1. The number of ether oxygens (including phenoxy) is 1. The Morgan fingerprint density at radius 3 is 3.04 bits per heavy atom. The van der Waals surface area contributed by atoms with E-state index < -0.39 is 5.97 Å². The molecule has 0 fully saturated rings. The summed E-state index contributed by atoms with van der Waals surface area (Å²) in [5, 5.41) is 7.05. The average Bonchev–Trinajstić information content (AvgIpc) is 3.11.